The molecule has 2 rings (SSSR count). The molecule has 1 fully saturated rings. The predicted molar refractivity (Wildman–Crippen MR) is 99.6 cm³/mol. The van der Waals surface area contributed by atoms with Crippen LogP contribution in [-0.2, 0) is 9.47 Å². The summed E-state index contributed by atoms with van der Waals surface area (Å²) in [6.45, 7) is 5.43. The third kappa shape index (κ3) is 6.23. The number of ether oxygens (including phenoxy) is 2. The molecular formula is C18H25ClFN3O4. The monoisotopic (exact) mass is 401 g/mol. The van der Waals surface area contributed by atoms with Gasteiger partial charge in [-0.1, -0.05) is 11.6 Å². The Balaban J connectivity index is 1.90. The lowest BCUT2D eigenvalue weighted by atomic mass is 9.91. The predicted octanol–water partition coefficient (Wildman–Crippen LogP) is 3.91. The normalized spacial score (nSPS) is 19.9. The lowest BCUT2D eigenvalue weighted by molar-refractivity contribution is 0.0491. The van der Waals surface area contributed by atoms with Gasteiger partial charge in [-0.2, -0.15) is 0 Å². The number of hydrogen-bond acceptors (Lipinski definition) is 6. The van der Waals surface area contributed by atoms with Crippen molar-refractivity contribution in [1.29, 1.82) is 0 Å². The summed E-state index contributed by atoms with van der Waals surface area (Å²) in [5.74, 6) is -1.42. The third-order valence-electron chi connectivity index (χ3n) is 4.12. The molecule has 9 heteroatoms. The number of aromatic nitrogens is 1. The number of esters is 1. The first kappa shape index (κ1) is 21.2. The van der Waals surface area contributed by atoms with Crippen molar-refractivity contribution >= 4 is 29.5 Å². The summed E-state index contributed by atoms with van der Waals surface area (Å²) in [6.07, 6.45) is 2.46. The van der Waals surface area contributed by atoms with Crippen molar-refractivity contribution in [1.82, 2.24) is 10.3 Å². The minimum absolute atomic E-state index is 0.00351. The molecule has 0 radical (unpaired) electrons. The number of nitrogens with one attached hydrogen (secondary N) is 2. The zero-order valence-corrected chi connectivity index (χ0v) is 16.7. The maximum atomic E-state index is 14.2. The number of halogens is 2. The van der Waals surface area contributed by atoms with Gasteiger partial charge in [-0.15, -0.1) is 0 Å². The highest BCUT2D eigenvalue weighted by atomic mass is 35.5. The first-order valence-corrected chi connectivity index (χ1v) is 9.17. The molecule has 0 saturated heterocycles. The maximum Gasteiger partial charge on any atom is 0.407 e. The molecule has 0 unspecified atom stereocenters. The quantitative estimate of drug-likeness (QED) is 0.587. The highest BCUT2D eigenvalue weighted by Gasteiger charge is 2.26. The van der Waals surface area contributed by atoms with Crippen LogP contribution in [0, 0.1) is 5.82 Å². The van der Waals surface area contributed by atoms with E-state index >= 15 is 0 Å². The van der Waals surface area contributed by atoms with E-state index in [4.69, 9.17) is 16.3 Å². The van der Waals surface area contributed by atoms with Gasteiger partial charge >= 0.3 is 12.1 Å². The molecule has 0 atom stereocenters. The molecule has 0 bridgehead atoms. The Morgan fingerprint density at radius 3 is 2.37 bits per heavy atom. The van der Waals surface area contributed by atoms with Crippen LogP contribution in [-0.4, -0.2) is 41.8 Å². The average molecular weight is 402 g/mol. The zero-order chi connectivity index (χ0) is 20.2. The fourth-order valence-electron chi connectivity index (χ4n) is 2.87. The molecule has 1 saturated carbocycles. The van der Waals surface area contributed by atoms with Crippen LogP contribution in [0.1, 0.15) is 56.8 Å². The average Bonchev–Trinajstić information content (AvgIpc) is 2.57. The number of carbonyl (C=O) groups excluding carboxylic acids is 2. The molecule has 1 heterocycles. The summed E-state index contributed by atoms with van der Waals surface area (Å²) in [7, 11) is 1.19. The lowest BCUT2D eigenvalue weighted by Crippen LogP contribution is -2.42. The molecule has 0 aromatic carbocycles. The summed E-state index contributed by atoms with van der Waals surface area (Å²) >= 11 is 5.95. The SMILES string of the molecule is COC(=O)c1cc(F)c(NC2CCC(NC(=O)OC(C)(C)C)CC2)nc1Cl. The Hall–Kier alpha value is -2.09. The van der Waals surface area contributed by atoms with Crippen LogP contribution in [0.15, 0.2) is 6.07 Å². The maximum absolute atomic E-state index is 14.2. The fourth-order valence-corrected chi connectivity index (χ4v) is 3.09. The van der Waals surface area contributed by atoms with E-state index in [0.29, 0.717) is 0 Å². The van der Waals surface area contributed by atoms with Gasteiger partial charge < -0.3 is 20.1 Å². The first-order valence-electron chi connectivity index (χ1n) is 8.79. The van der Waals surface area contributed by atoms with Crippen LogP contribution < -0.4 is 10.6 Å². The Morgan fingerprint density at radius 1 is 1.22 bits per heavy atom. The molecular weight excluding hydrogens is 377 g/mol. The lowest BCUT2D eigenvalue weighted by Gasteiger charge is -2.30. The minimum atomic E-state index is -0.744. The van der Waals surface area contributed by atoms with Crippen LogP contribution >= 0.6 is 11.6 Å². The van der Waals surface area contributed by atoms with E-state index < -0.39 is 23.5 Å². The van der Waals surface area contributed by atoms with E-state index in [1.54, 1.807) is 0 Å². The molecule has 7 nitrogen and oxygen atoms in total. The topological polar surface area (TPSA) is 89.6 Å². The van der Waals surface area contributed by atoms with Gasteiger partial charge in [0.2, 0.25) is 0 Å². The standard InChI is InChI=1S/C18H25ClFN3O4/c1-18(2,3)27-17(25)22-11-7-5-10(6-8-11)21-15-13(20)9-12(14(19)23-15)16(24)26-4/h9-11H,5-8H2,1-4H3,(H,21,23)(H,22,25). The summed E-state index contributed by atoms with van der Waals surface area (Å²) in [5, 5.41) is 5.76. The molecule has 0 aliphatic heterocycles. The number of rotatable bonds is 4. The van der Waals surface area contributed by atoms with Gasteiger partial charge in [-0.3, -0.25) is 0 Å². The Labute approximate surface area is 163 Å². The molecule has 1 aliphatic rings. The summed E-state index contributed by atoms with van der Waals surface area (Å²) < 4.78 is 24.0. The Bertz CT molecular complexity index is 701. The number of nitrogens with zero attached hydrogens (tertiary/aromatic N) is 1. The van der Waals surface area contributed by atoms with E-state index in [1.807, 2.05) is 20.8 Å². The van der Waals surface area contributed by atoms with Crippen molar-refractivity contribution in [3.8, 4) is 0 Å². The number of carbonyl (C=O) groups is 2. The van der Waals surface area contributed by atoms with Gasteiger partial charge in [0, 0.05) is 12.1 Å². The summed E-state index contributed by atoms with van der Waals surface area (Å²) in [6, 6.07) is 1.02. The largest absolute Gasteiger partial charge is 0.465 e. The van der Waals surface area contributed by atoms with E-state index in [0.717, 1.165) is 31.7 Å². The van der Waals surface area contributed by atoms with Gasteiger partial charge in [0.1, 0.15) is 16.3 Å². The number of hydrogen-bond donors (Lipinski definition) is 2. The van der Waals surface area contributed by atoms with Crippen LogP contribution in [0.25, 0.3) is 0 Å². The summed E-state index contributed by atoms with van der Waals surface area (Å²) in [4.78, 5) is 27.3. The van der Waals surface area contributed by atoms with Gasteiger partial charge in [0.05, 0.1) is 7.11 Å². The van der Waals surface area contributed by atoms with Crippen LogP contribution in [0.4, 0.5) is 15.0 Å². The van der Waals surface area contributed by atoms with Crippen LogP contribution in [0.5, 0.6) is 0 Å². The Morgan fingerprint density at radius 2 is 1.81 bits per heavy atom. The summed E-state index contributed by atoms with van der Waals surface area (Å²) in [5.41, 5.74) is -0.658. The second-order valence-electron chi connectivity index (χ2n) is 7.49. The van der Waals surface area contributed by atoms with E-state index in [9.17, 15) is 14.0 Å². The smallest absolute Gasteiger partial charge is 0.407 e. The van der Waals surface area contributed by atoms with Gasteiger partial charge in [0.25, 0.3) is 0 Å². The fraction of sp³-hybridized carbons (Fsp3) is 0.611. The van der Waals surface area contributed by atoms with E-state index in [2.05, 4.69) is 20.4 Å². The van der Waals surface area contributed by atoms with Crippen molar-refractivity contribution < 1.29 is 23.5 Å². The van der Waals surface area contributed by atoms with E-state index in [1.165, 1.54) is 7.11 Å². The van der Waals surface area contributed by atoms with E-state index in [-0.39, 0.29) is 28.6 Å². The van der Waals surface area contributed by atoms with Crippen LogP contribution in [0.2, 0.25) is 5.15 Å². The van der Waals surface area contributed by atoms with Gasteiger partial charge in [-0.25, -0.2) is 19.0 Å². The van der Waals surface area contributed by atoms with Crippen molar-refractivity contribution in [3.63, 3.8) is 0 Å². The second kappa shape index (κ2) is 8.73. The van der Waals surface area contributed by atoms with Crippen molar-refractivity contribution in [2.75, 3.05) is 12.4 Å². The van der Waals surface area contributed by atoms with Crippen LogP contribution in [0.3, 0.4) is 0 Å². The highest BCUT2D eigenvalue weighted by molar-refractivity contribution is 6.32. The Kier molecular flexibility index (Phi) is 6.86. The molecule has 1 aromatic rings. The van der Waals surface area contributed by atoms with Crippen molar-refractivity contribution in [3.05, 3.63) is 22.6 Å². The zero-order valence-electron chi connectivity index (χ0n) is 15.9. The van der Waals surface area contributed by atoms with Gasteiger partial charge in [0.15, 0.2) is 11.6 Å². The third-order valence-corrected chi connectivity index (χ3v) is 4.41. The number of amides is 1. The number of alkyl carbamates (subject to hydrolysis) is 1. The van der Waals surface area contributed by atoms with Crippen molar-refractivity contribution in [2.24, 2.45) is 0 Å². The molecule has 0 spiro atoms. The second-order valence-corrected chi connectivity index (χ2v) is 7.85. The van der Waals surface area contributed by atoms with Gasteiger partial charge in [-0.05, 0) is 52.5 Å². The minimum Gasteiger partial charge on any atom is -0.465 e. The molecule has 1 aromatic heterocycles. The highest BCUT2D eigenvalue weighted by Crippen LogP contribution is 2.26. The number of anilines is 1. The molecule has 1 amide bonds. The number of pyridine rings is 1. The molecule has 2 N–H and O–H groups in total. The number of methoxy groups -OCH3 is 1. The molecule has 150 valence electrons. The molecule has 1 aliphatic carbocycles. The van der Waals surface area contributed by atoms with Crippen molar-refractivity contribution in [2.45, 2.75) is 64.1 Å². The first-order chi connectivity index (χ1) is 12.6. The molecule has 27 heavy (non-hydrogen) atoms.